The molecule has 128 valence electrons. The molecule has 0 radical (unpaired) electrons. The first-order chi connectivity index (χ1) is 12.2. The smallest absolute Gasteiger partial charge is 0.319 e. The van der Waals surface area contributed by atoms with E-state index in [0.717, 1.165) is 16.7 Å². The summed E-state index contributed by atoms with van der Waals surface area (Å²) in [4.78, 5) is 20.4. The molecule has 1 aromatic carbocycles. The molecule has 0 aliphatic heterocycles. The number of nitrogens with one attached hydrogen (secondary N) is 2. The molecule has 2 aromatic heterocycles. The van der Waals surface area contributed by atoms with Crippen molar-refractivity contribution in [3.05, 3.63) is 59.7 Å². The normalized spacial score (nSPS) is 10.5. The van der Waals surface area contributed by atoms with Gasteiger partial charge in [0.15, 0.2) is 5.82 Å². The van der Waals surface area contributed by atoms with Crippen LogP contribution in [0.2, 0.25) is 0 Å². The molecule has 0 atom stereocenters. The molecule has 7 heteroatoms. The van der Waals surface area contributed by atoms with Crippen LogP contribution in [0, 0.1) is 6.92 Å². The van der Waals surface area contributed by atoms with Crippen molar-refractivity contribution in [3.8, 4) is 11.5 Å². The number of nitrogens with zero attached hydrogens (tertiary/aromatic N) is 3. The predicted molar refractivity (Wildman–Crippen MR) is 93.9 cm³/mol. The summed E-state index contributed by atoms with van der Waals surface area (Å²) in [6.07, 6.45) is 4.09. The number of pyridine rings is 1. The quantitative estimate of drug-likeness (QED) is 0.745. The van der Waals surface area contributed by atoms with Gasteiger partial charge in [-0.25, -0.2) is 4.79 Å². The summed E-state index contributed by atoms with van der Waals surface area (Å²) in [6.45, 7) is 4.31. The first-order valence-electron chi connectivity index (χ1n) is 8.03. The van der Waals surface area contributed by atoms with Crippen LogP contribution in [0.25, 0.3) is 11.5 Å². The number of amides is 2. The van der Waals surface area contributed by atoms with Gasteiger partial charge in [-0.15, -0.1) is 0 Å². The van der Waals surface area contributed by atoms with Crippen LogP contribution in [0.5, 0.6) is 0 Å². The molecule has 0 saturated carbocycles. The van der Waals surface area contributed by atoms with E-state index in [0.29, 0.717) is 30.4 Å². The summed E-state index contributed by atoms with van der Waals surface area (Å²) in [7, 11) is 0. The minimum atomic E-state index is -0.281. The van der Waals surface area contributed by atoms with Gasteiger partial charge in [0.1, 0.15) is 0 Å². The van der Waals surface area contributed by atoms with Crippen molar-refractivity contribution >= 4 is 11.7 Å². The second-order valence-electron chi connectivity index (χ2n) is 5.56. The third-order valence-electron chi connectivity index (χ3n) is 3.72. The van der Waals surface area contributed by atoms with Crippen molar-refractivity contribution in [1.82, 2.24) is 20.4 Å². The van der Waals surface area contributed by atoms with Gasteiger partial charge in [0, 0.05) is 36.6 Å². The van der Waals surface area contributed by atoms with Gasteiger partial charge in [-0.1, -0.05) is 18.1 Å². The number of aromatic nitrogens is 3. The van der Waals surface area contributed by atoms with Crippen LogP contribution in [0.1, 0.15) is 23.9 Å². The van der Waals surface area contributed by atoms with Crippen molar-refractivity contribution < 1.29 is 9.32 Å². The molecule has 0 aliphatic rings. The second-order valence-corrected chi connectivity index (χ2v) is 5.56. The van der Waals surface area contributed by atoms with Gasteiger partial charge >= 0.3 is 6.03 Å². The van der Waals surface area contributed by atoms with E-state index >= 15 is 0 Å². The highest BCUT2D eigenvalue weighted by Crippen LogP contribution is 2.24. The molecule has 3 aromatic rings. The molecular formula is C18H19N5O2. The topological polar surface area (TPSA) is 92.9 Å². The maximum Gasteiger partial charge on any atom is 0.319 e. The molecule has 0 aliphatic carbocycles. The summed E-state index contributed by atoms with van der Waals surface area (Å²) in [6, 6.07) is 9.05. The highest BCUT2D eigenvalue weighted by molar-refractivity contribution is 5.90. The lowest BCUT2D eigenvalue weighted by molar-refractivity contribution is 0.251. The highest BCUT2D eigenvalue weighted by atomic mass is 16.5. The average molecular weight is 337 g/mol. The number of rotatable bonds is 5. The van der Waals surface area contributed by atoms with Gasteiger partial charge < -0.3 is 15.2 Å². The SMILES string of the molecule is CCc1noc(-c2ccc(C)c(NC(=O)NCc3ccncc3)c2)n1. The second kappa shape index (κ2) is 7.57. The average Bonchev–Trinajstić information content (AvgIpc) is 3.12. The molecule has 25 heavy (non-hydrogen) atoms. The van der Waals surface area contributed by atoms with E-state index in [4.69, 9.17) is 4.52 Å². The Hall–Kier alpha value is -3.22. The number of benzene rings is 1. The van der Waals surface area contributed by atoms with Crippen LogP contribution in [-0.2, 0) is 13.0 Å². The van der Waals surface area contributed by atoms with Crippen LogP contribution in [-0.4, -0.2) is 21.2 Å². The van der Waals surface area contributed by atoms with Gasteiger partial charge in [0.05, 0.1) is 0 Å². The zero-order chi connectivity index (χ0) is 17.6. The number of urea groups is 1. The number of hydrogen-bond acceptors (Lipinski definition) is 5. The molecule has 0 fully saturated rings. The lowest BCUT2D eigenvalue weighted by Gasteiger charge is -2.11. The Balaban J connectivity index is 1.69. The molecule has 0 saturated heterocycles. The maximum atomic E-state index is 12.1. The van der Waals surface area contributed by atoms with Crippen LogP contribution in [0.15, 0.2) is 47.2 Å². The number of aryl methyl sites for hydroxylation is 2. The van der Waals surface area contributed by atoms with Crippen LogP contribution < -0.4 is 10.6 Å². The van der Waals surface area contributed by atoms with Gasteiger partial charge in [0.25, 0.3) is 5.89 Å². The minimum absolute atomic E-state index is 0.281. The minimum Gasteiger partial charge on any atom is -0.334 e. The summed E-state index contributed by atoms with van der Waals surface area (Å²) in [5.41, 5.74) is 3.38. The van der Waals surface area contributed by atoms with E-state index in [1.54, 1.807) is 12.4 Å². The lowest BCUT2D eigenvalue weighted by atomic mass is 10.1. The molecular weight excluding hydrogens is 318 g/mol. The fourth-order valence-electron chi connectivity index (χ4n) is 2.25. The van der Waals surface area contributed by atoms with E-state index in [2.05, 4.69) is 25.8 Å². The predicted octanol–water partition coefficient (Wildman–Crippen LogP) is 3.32. The fourth-order valence-corrected chi connectivity index (χ4v) is 2.25. The van der Waals surface area contributed by atoms with E-state index in [-0.39, 0.29) is 6.03 Å². The third kappa shape index (κ3) is 4.20. The molecule has 3 rings (SSSR count). The Kier molecular flexibility index (Phi) is 5.03. The molecule has 0 bridgehead atoms. The van der Waals surface area contributed by atoms with E-state index < -0.39 is 0 Å². The summed E-state index contributed by atoms with van der Waals surface area (Å²) >= 11 is 0. The third-order valence-corrected chi connectivity index (χ3v) is 3.72. The number of carbonyl (C=O) groups excluding carboxylic acids is 1. The fraction of sp³-hybridized carbons (Fsp3) is 0.222. The van der Waals surface area contributed by atoms with Crippen molar-refractivity contribution in [2.24, 2.45) is 0 Å². The van der Waals surface area contributed by atoms with E-state index in [1.807, 2.05) is 44.2 Å². The monoisotopic (exact) mass is 337 g/mol. The van der Waals surface area contributed by atoms with Gasteiger partial charge in [-0.2, -0.15) is 4.98 Å². The van der Waals surface area contributed by atoms with E-state index in [1.165, 1.54) is 0 Å². The Morgan fingerprint density at radius 3 is 2.72 bits per heavy atom. The summed E-state index contributed by atoms with van der Waals surface area (Å²) in [5, 5.41) is 9.57. The molecule has 0 unspecified atom stereocenters. The zero-order valence-corrected chi connectivity index (χ0v) is 14.1. The van der Waals surface area contributed by atoms with Crippen molar-refractivity contribution in [2.75, 3.05) is 5.32 Å². The highest BCUT2D eigenvalue weighted by Gasteiger charge is 2.11. The standard InChI is InChI=1S/C18H19N5O2/c1-3-16-22-17(25-23-16)14-5-4-12(2)15(10-14)21-18(24)20-11-13-6-8-19-9-7-13/h4-10H,3,11H2,1-2H3,(H2,20,21,24). The molecule has 2 amide bonds. The first-order valence-corrected chi connectivity index (χ1v) is 8.03. The largest absolute Gasteiger partial charge is 0.334 e. The molecule has 0 spiro atoms. The van der Waals surface area contributed by atoms with Crippen molar-refractivity contribution in [1.29, 1.82) is 0 Å². The molecule has 7 nitrogen and oxygen atoms in total. The molecule has 2 heterocycles. The van der Waals surface area contributed by atoms with Gasteiger partial charge in [-0.3, -0.25) is 4.98 Å². The van der Waals surface area contributed by atoms with Crippen LogP contribution in [0.3, 0.4) is 0 Å². The van der Waals surface area contributed by atoms with Crippen LogP contribution >= 0.6 is 0 Å². The number of anilines is 1. The van der Waals surface area contributed by atoms with Gasteiger partial charge in [0.2, 0.25) is 0 Å². The van der Waals surface area contributed by atoms with Crippen molar-refractivity contribution in [2.45, 2.75) is 26.8 Å². The zero-order valence-electron chi connectivity index (χ0n) is 14.1. The number of carbonyl (C=O) groups is 1. The Morgan fingerprint density at radius 1 is 1.20 bits per heavy atom. The lowest BCUT2D eigenvalue weighted by Crippen LogP contribution is -2.28. The van der Waals surface area contributed by atoms with Crippen molar-refractivity contribution in [3.63, 3.8) is 0 Å². The Labute approximate surface area is 145 Å². The van der Waals surface area contributed by atoms with E-state index in [9.17, 15) is 4.79 Å². The first kappa shape index (κ1) is 16.6. The van der Waals surface area contributed by atoms with Crippen LogP contribution in [0.4, 0.5) is 10.5 Å². The summed E-state index contributed by atoms with van der Waals surface area (Å²) in [5.74, 6) is 1.09. The van der Waals surface area contributed by atoms with Gasteiger partial charge in [-0.05, 0) is 42.3 Å². The summed E-state index contributed by atoms with van der Waals surface area (Å²) < 4.78 is 5.25. The Bertz CT molecular complexity index is 861. The molecule has 2 N–H and O–H groups in total. The maximum absolute atomic E-state index is 12.1. The number of hydrogen-bond donors (Lipinski definition) is 2. The Morgan fingerprint density at radius 2 is 2.00 bits per heavy atom.